The Kier molecular flexibility index (Phi) is 6.67. The molecule has 158 valence electrons. The van der Waals surface area contributed by atoms with Gasteiger partial charge in [-0.2, -0.15) is 0 Å². The number of nitrogens with zero attached hydrogens (tertiary/aromatic N) is 2. The van der Waals surface area contributed by atoms with E-state index in [9.17, 15) is 13.2 Å². The molecule has 8 heteroatoms. The van der Waals surface area contributed by atoms with E-state index in [1.165, 1.54) is 29.1 Å². The molecule has 30 heavy (non-hydrogen) atoms. The van der Waals surface area contributed by atoms with Crippen molar-refractivity contribution in [1.29, 1.82) is 0 Å². The van der Waals surface area contributed by atoms with Crippen molar-refractivity contribution in [2.24, 2.45) is 0 Å². The van der Waals surface area contributed by atoms with Crippen LogP contribution < -0.4 is 5.32 Å². The van der Waals surface area contributed by atoms with Crippen LogP contribution in [0.25, 0.3) is 5.69 Å². The summed E-state index contributed by atoms with van der Waals surface area (Å²) in [5, 5.41) is 3.70. The van der Waals surface area contributed by atoms with Gasteiger partial charge in [0.1, 0.15) is 0 Å². The van der Waals surface area contributed by atoms with E-state index < -0.39 is 9.84 Å². The summed E-state index contributed by atoms with van der Waals surface area (Å²) in [4.78, 5) is 17.1. The van der Waals surface area contributed by atoms with Crippen LogP contribution in [0.1, 0.15) is 29.7 Å². The predicted molar refractivity (Wildman–Crippen MR) is 120 cm³/mol. The Bertz CT molecular complexity index is 1130. The molecular weight excluding hydrogens is 418 g/mol. The summed E-state index contributed by atoms with van der Waals surface area (Å²) < 4.78 is 25.1. The molecule has 0 bridgehead atoms. The van der Waals surface area contributed by atoms with E-state index in [1.807, 2.05) is 17.7 Å². The highest BCUT2D eigenvalue weighted by atomic mass is 32.2. The molecule has 1 N–H and O–H groups in total. The molecule has 1 atom stereocenters. The molecule has 0 aliphatic heterocycles. The smallest absolute Gasteiger partial charge is 0.230 e. The maximum absolute atomic E-state index is 12.4. The Hall–Kier alpha value is -2.58. The molecule has 3 rings (SSSR count). The van der Waals surface area contributed by atoms with E-state index in [2.05, 4.69) is 42.3 Å². The van der Waals surface area contributed by atoms with Crippen LogP contribution >= 0.6 is 11.8 Å². The molecule has 1 aromatic heterocycles. The number of rotatable bonds is 7. The lowest BCUT2D eigenvalue weighted by atomic mass is 10.1. The Morgan fingerprint density at radius 1 is 1.13 bits per heavy atom. The largest absolute Gasteiger partial charge is 0.349 e. The van der Waals surface area contributed by atoms with Crippen molar-refractivity contribution in [1.82, 2.24) is 14.9 Å². The molecule has 1 unspecified atom stereocenters. The van der Waals surface area contributed by atoms with Crippen LogP contribution in [-0.2, 0) is 14.6 Å². The average Bonchev–Trinajstić information content (AvgIpc) is 3.13. The predicted octanol–water partition coefficient (Wildman–Crippen LogP) is 3.86. The maximum atomic E-state index is 12.4. The van der Waals surface area contributed by atoms with Crippen LogP contribution in [0.2, 0.25) is 0 Å². The molecule has 3 aromatic rings. The van der Waals surface area contributed by atoms with Gasteiger partial charge in [0.15, 0.2) is 15.0 Å². The fraction of sp³-hybridized carbons (Fsp3) is 0.273. The lowest BCUT2D eigenvalue weighted by Gasteiger charge is -2.15. The fourth-order valence-corrected chi connectivity index (χ4v) is 4.60. The van der Waals surface area contributed by atoms with E-state index >= 15 is 0 Å². The second kappa shape index (κ2) is 9.06. The van der Waals surface area contributed by atoms with Crippen LogP contribution in [-0.4, -0.2) is 35.9 Å². The minimum Gasteiger partial charge on any atom is -0.349 e. The first-order chi connectivity index (χ1) is 14.1. The zero-order valence-corrected chi connectivity index (χ0v) is 19.0. The van der Waals surface area contributed by atoms with Gasteiger partial charge < -0.3 is 5.32 Å². The monoisotopic (exact) mass is 443 g/mol. The second-order valence-electron chi connectivity index (χ2n) is 7.34. The zero-order valence-electron chi connectivity index (χ0n) is 17.4. The third-order valence-corrected chi connectivity index (χ3v) is 6.70. The van der Waals surface area contributed by atoms with Gasteiger partial charge in [-0.3, -0.25) is 9.36 Å². The minimum atomic E-state index is -3.23. The first-order valence-electron chi connectivity index (χ1n) is 9.47. The summed E-state index contributed by atoms with van der Waals surface area (Å²) in [6, 6.07) is 12.6. The van der Waals surface area contributed by atoms with Gasteiger partial charge in [-0.15, -0.1) is 0 Å². The number of hydrogen-bond donors (Lipinski definition) is 1. The van der Waals surface area contributed by atoms with E-state index in [-0.39, 0.29) is 22.6 Å². The van der Waals surface area contributed by atoms with Crippen LogP contribution in [0.15, 0.2) is 64.9 Å². The third kappa shape index (κ3) is 5.52. The molecule has 0 saturated heterocycles. The van der Waals surface area contributed by atoms with Crippen LogP contribution in [0.3, 0.4) is 0 Å². The van der Waals surface area contributed by atoms with Crippen molar-refractivity contribution >= 4 is 27.5 Å². The highest BCUT2D eigenvalue weighted by Gasteiger charge is 2.14. The Balaban J connectivity index is 1.62. The first-order valence-corrected chi connectivity index (χ1v) is 12.4. The lowest BCUT2D eigenvalue weighted by Crippen LogP contribution is -2.28. The van der Waals surface area contributed by atoms with Crippen molar-refractivity contribution < 1.29 is 13.2 Å². The first kappa shape index (κ1) is 22.1. The number of thioether (sulfide) groups is 1. The van der Waals surface area contributed by atoms with Crippen molar-refractivity contribution in [3.8, 4) is 5.69 Å². The van der Waals surface area contributed by atoms with Gasteiger partial charge in [0, 0.05) is 24.3 Å². The molecule has 6 nitrogen and oxygen atoms in total. The Morgan fingerprint density at radius 3 is 2.37 bits per heavy atom. The number of amides is 1. The topological polar surface area (TPSA) is 81.1 Å². The number of hydrogen-bond acceptors (Lipinski definition) is 5. The summed E-state index contributed by atoms with van der Waals surface area (Å²) in [7, 11) is -3.23. The second-order valence-corrected chi connectivity index (χ2v) is 10.3. The van der Waals surface area contributed by atoms with Crippen molar-refractivity contribution in [3.05, 3.63) is 71.5 Å². The Morgan fingerprint density at radius 2 is 1.77 bits per heavy atom. The SMILES string of the molecule is Cc1cc(C)cc(-n2ccnc2SCC(=O)NC(C)c2ccc(S(C)(=O)=O)cc2)c1. The molecule has 1 amide bonds. The van der Waals surface area contributed by atoms with Gasteiger partial charge in [0.2, 0.25) is 5.91 Å². The standard InChI is InChI=1S/C22H25N3O3S2/c1-15-11-16(2)13-19(12-15)25-10-9-23-22(25)29-14-21(26)24-17(3)18-5-7-20(8-6-18)30(4,27)28/h5-13,17H,14H2,1-4H3,(H,24,26). The fourth-order valence-electron chi connectivity index (χ4n) is 3.18. The van der Waals surface area contributed by atoms with Crippen molar-refractivity contribution in [2.45, 2.75) is 36.9 Å². The summed E-state index contributed by atoms with van der Waals surface area (Å²) in [5.41, 5.74) is 4.20. The Labute approximate surface area is 181 Å². The van der Waals surface area contributed by atoms with Gasteiger partial charge in [-0.05, 0) is 61.7 Å². The quantitative estimate of drug-likeness (QED) is 0.561. The number of sulfone groups is 1. The number of nitrogens with one attached hydrogen (secondary N) is 1. The molecule has 0 aliphatic rings. The summed E-state index contributed by atoms with van der Waals surface area (Å²) in [6.45, 7) is 5.98. The minimum absolute atomic E-state index is 0.116. The number of carbonyl (C=O) groups is 1. The normalized spacial score (nSPS) is 12.5. The molecule has 0 aliphatic carbocycles. The number of aryl methyl sites for hydroxylation is 2. The molecule has 2 aromatic carbocycles. The van der Waals surface area contributed by atoms with Crippen molar-refractivity contribution in [2.75, 3.05) is 12.0 Å². The molecule has 0 radical (unpaired) electrons. The molecule has 0 fully saturated rings. The highest BCUT2D eigenvalue weighted by Crippen LogP contribution is 2.23. The van der Waals surface area contributed by atoms with E-state index in [1.54, 1.807) is 30.5 Å². The molecular formula is C22H25N3O3S2. The van der Waals surface area contributed by atoms with E-state index in [0.717, 1.165) is 16.4 Å². The van der Waals surface area contributed by atoms with Crippen molar-refractivity contribution in [3.63, 3.8) is 0 Å². The van der Waals surface area contributed by atoms with Crippen LogP contribution in [0.5, 0.6) is 0 Å². The summed E-state index contributed by atoms with van der Waals surface area (Å²) in [5.74, 6) is 0.114. The number of aromatic nitrogens is 2. The number of benzene rings is 2. The van der Waals surface area contributed by atoms with E-state index in [4.69, 9.17) is 0 Å². The highest BCUT2D eigenvalue weighted by molar-refractivity contribution is 7.99. The van der Waals surface area contributed by atoms with Gasteiger partial charge in [-0.25, -0.2) is 13.4 Å². The molecule has 1 heterocycles. The summed E-state index contributed by atoms with van der Waals surface area (Å²) in [6.07, 6.45) is 4.79. The third-order valence-electron chi connectivity index (χ3n) is 4.61. The zero-order chi connectivity index (χ0) is 21.9. The molecule has 0 saturated carbocycles. The average molecular weight is 444 g/mol. The van der Waals surface area contributed by atoms with Crippen LogP contribution in [0.4, 0.5) is 0 Å². The van der Waals surface area contributed by atoms with Gasteiger partial charge in [-0.1, -0.05) is 30.0 Å². The van der Waals surface area contributed by atoms with Gasteiger partial charge in [0.05, 0.1) is 16.7 Å². The molecule has 0 spiro atoms. The number of carbonyl (C=O) groups excluding carboxylic acids is 1. The van der Waals surface area contributed by atoms with Crippen LogP contribution in [0, 0.1) is 13.8 Å². The van der Waals surface area contributed by atoms with E-state index in [0.29, 0.717) is 0 Å². The lowest BCUT2D eigenvalue weighted by molar-refractivity contribution is -0.119. The van der Waals surface area contributed by atoms with Gasteiger partial charge in [0.25, 0.3) is 0 Å². The number of imidazole rings is 1. The maximum Gasteiger partial charge on any atom is 0.230 e. The van der Waals surface area contributed by atoms with Gasteiger partial charge >= 0.3 is 0 Å². The summed E-state index contributed by atoms with van der Waals surface area (Å²) >= 11 is 1.37.